The zero-order valence-corrected chi connectivity index (χ0v) is 13.4. The maximum absolute atomic E-state index is 9.33. The lowest BCUT2D eigenvalue weighted by atomic mass is 10.0. The summed E-state index contributed by atoms with van der Waals surface area (Å²) in [5, 5.41) is 12.9. The quantitative estimate of drug-likeness (QED) is 0.729. The molecule has 0 aromatic heterocycles. The third-order valence-electron chi connectivity index (χ3n) is 3.66. The number of aliphatic hydroxyl groups excluding tert-OH is 1. The molecule has 0 aliphatic carbocycles. The summed E-state index contributed by atoms with van der Waals surface area (Å²) in [6.07, 6.45) is 1.72. The van der Waals surface area contributed by atoms with E-state index in [0.29, 0.717) is 6.04 Å². The summed E-state index contributed by atoms with van der Waals surface area (Å²) in [6.45, 7) is 9.09. The highest BCUT2D eigenvalue weighted by molar-refractivity contribution is 5.24. The molecule has 0 bridgehead atoms. The Morgan fingerprint density at radius 2 is 1.75 bits per heavy atom. The smallest absolute Gasteiger partial charge is 0.0524 e. The van der Waals surface area contributed by atoms with Crippen LogP contribution in [-0.2, 0) is 0 Å². The normalized spacial score (nSPS) is 14.5. The molecule has 20 heavy (non-hydrogen) atoms. The fraction of sp³-hybridized carbons (Fsp3) is 0.647. The molecule has 1 aromatic carbocycles. The van der Waals surface area contributed by atoms with Crippen LogP contribution in [0.25, 0.3) is 0 Å². The molecule has 0 heterocycles. The van der Waals surface area contributed by atoms with Crippen molar-refractivity contribution in [3.63, 3.8) is 0 Å². The molecular weight excluding hydrogens is 248 g/mol. The van der Waals surface area contributed by atoms with Gasteiger partial charge in [-0.05, 0) is 52.4 Å². The third-order valence-corrected chi connectivity index (χ3v) is 3.66. The molecular formula is C17H30N2O. The summed E-state index contributed by atoms with van der Waals surface area (Å²) in [7, 11) is 2.13. The van der Waals surface area contributed by atoms with Gasteiger partial charge in [0.25, 0.3) is 0 Å². The summed E-state index contributed by atoms with van der Waals surface area (Å²) in [5.41, 5.74) is 2.67. The highest BCUT2D eigenvalue weighted by Gasteiger charge is 2.11. The van der Waals surface area contributed by atoms with Gasteiger partial charge in [-0.2, -0.15) is 0 Å². The molecule has 2 N–H and O–H groups in total. The van der Waals surface area contributed by atoms with Crippen molar-refractivity contribution in [3.05, 3.63) is 35.4 Å². The molecule has 114 valence electrons. The van der Waals surface area contributed by atoms with Gasteiger partial charge in [-0.3, -0.25) is 0 Å². The van der Waals surface area contributed by atoms with Crippen LogP contribution in [0.3, 0.4) is 0 Å². The van der Waals surface area contributed by atoms with Crippen molar-refractivity contribution in [1.82, 2.24) is 10.2 Å². The van der Waals surface area contributed by atoms with Crippen molar-refractivity contribution in [2.45, 2.75) is 45.8 Å². The van der Waals surface area contributed by atoms with Crippen LogP contribution in [0.2, 0.25) is 0 Å². The van der Waals surface area contributed by atoms with Crippen molar-refractivity contribution in [1.29, 1.82) is 0 Å². The lowest BCUT2D eigenvalue weighted by Gasteiger charge is -2.23. The number of hydrogen-bond donors (Lipinski definition) is 2. The average molecular weight is 278 g/mol. The van der Waals surface area contributed by atoms with E-state index in [-0.39, 0.29) is 6.10 Å². The highest BCUT2D eigenvalue weighted by atomic mass is 16.3. The first kappa shape index (κ1) is 17.2. The van der Waals surface area contributed by atoms with Crippen molar-refractivity contribution in [2.75, 3.05) is 26.7 Å². The lowest BCUT2D eigenvalue weighted by molar-refractivity contribution is 0.163. The fourth-order valence-electron chi connectivity index (χ4n) is 2.30. The number of hydrogen-bond acceptors (Lipinski definition) is 3. The molecule has 0 aliphatic rings. The molecule has 0 aliphatic heterocycles. The SMILES string of the molecule is CCNC(CCN(C)CCC(C)O)c1ccc(C)cc1. The molecule has 2 atom stereocenters. The minimum atomic E-state index is -0.209. The molecule has 2 unspecified atom stereocenters. The number of aliphatic hydroxyl groups is 1. The maximum Gasteiger partial charge on any atom is 0.0524 e. The average Bonchev–Trinajstić information content (AvgIpc) is 2.42. The summed E-state index contributed by atoms with van der Waals surface area (Å²) in [6, 6.07) is 9.21. The van der Waals surface area contributed by atoms with E-state index >= 15 is 0 Å². The Labute approximate surface area is 124 Å². The second-order valence-corrected chi connectivity index (χ2v) is 5.75. The fourth-order valence-corrected chi connectivity index (χ4v) is 2.30. The summed E-state index contributed by atoms with van der Waals surface area (Å²) in [4.78, 5) is 2.30. The molecule has 1 aromatic rings. The summed E-state index contributed by atoms with van der Waals surface area (Å²) >= 11 is 0. The van der Waals surface area contributed by atoms with Gasteiger partial charge < -0.3 is 15.3 Å². The predicted octanol–water partition coefficient (Wildman–Crippen LogP) is 2.74. The standard InChI is InChI=1S/C17H30N2O/c1-5-18-17(16-8-6-14(2)7-9-16)11-13-19(4)12-10-15(3)20/h6-9,15,17-18,20H,5,10-13H2,1-4H3. The Bertz CT molecular complexity index is 362. The summed E-state index contributed by atoms with van der Waals surface area (Å²) in [5.74, 6) is 0. The van der Waals surface area contributed by atoms with Crippen molar-refractivity contribution >= 4 is 0 Å². The van der Waals surface area contributed by atoms with E-state index in [2.05, 4.69) is 55.4 Å². The molecule has 0 saturated heterocycles. The molecule has 1 rings (SSSR count). The van der Waals surface area contributed by atoms with E-state index in [1.807, 2.05) is 6.92 Å². The minimum Gasteiger partial charge on any atom is -0.393 e. The van der Waals surface area contributed by atoms with E-state index in [4.69, 9.17) is 0 Å². The van der Waals surface area contributed by atoms with Crippen LogP contribution in [0.15, 0.2) is 24.3 Å². The van der Waals surface area contributed by atoms with Crippen LogP contribution in [0, 0.1) is 6.92 Å². The molecule has 0 spiro atoms. The minimum absolute atomic E-state index is 0.209. The van der Waals surface area contributed by atoms with Gasteiger partial charge in [0.2, 0.25) is 0 Å². The Morgan fingerprint density at radius 3 is 2.30 bits per heavy atom. The van der Waals surface area contributed by atoms with Gasteiger partial charge in [0.1, 0.15) is 0 Å². The van der Waals surface area contributed by atoms with Crippen molar-refractivity contribution in [2.24, 2.45) is 0 Å². The van der Waals surface area contributed by atoms with E-state index in [1.165, 1.54) is 11.1 Å². The molecule has 3 heteroatoms. The van der Waals surface area contributed by atoms with Crippen LogP contribution in [0.4, 0.5) is 0 Å². The maximum atomic E-state index is 9.33. The number of aryl methyl sites for hydroxylation is 1. The highest BCUT2D eigenvalue weighted by Crippen LogP contribution is 2.17. The van der Waals surface area contributed by atoms with Crippen LogP contribution in [-0.4, -0.2) is 42.8 Å². The van der Waals surface area contributed by atoms with Crippen LogP contribution >= 0.6 is 0 Å². The van der Waals surface area contributed by atoms with Crippen LogP contribution in [0.1, 0.15) is 43.9 Å². The second-order valence-electron chi connectivity index (χ2n) is 5.75. The van der Waals surface area contributed by atoms with Crippen LogP contribution in [0.5, 0.6) is 0 Å². The number of nitrogens with one attached hydrogen (secondary N) is 1. The van der Waals surface area contributed by atoms with E-state index in [0.717, 1.165) is 32.5 Å². The number of rotatable bonds is 9. The van der Waals surface area contributed by atoms with Gasteiger partial charge in [0.05, 0.1) is 6.10 Å². The molecule has 0 amide bonds. The Hall–Kier alpha value is -0.900. The van der Waals surface area contributed by atoms with Gasteiger partial charge >= 0.3 is 0 Å². The lowest BCUT2D eigenvalue weighted by Crippen LogP contribution is -2.28. The second kappa shape index (κ2) is 9.11. The topological polar surface area (TPSA) is 35.5 Å². The van der Waals surface area contributed by atoms with Gasteiger partial charge in [0, 0.05) is 12.6 Å². The Kier molecular flexibility index (Phi) is 7.82. The predicted molar refractivity (Wildman–Crippen MR) is 86.0 cm³/mol. The first-order valence-corrected chi connectivity index (χ1v) is 7.69. The van der Waals surface area contributed by atoms with Gasteiger partial charge in [0.15, 0.2) is 0 Å². The van der Waals surface area contributed by atoms with E-state index < -0.39 is 0 Å². The number of benzene rings is 1. The molecule has 0 saturated carbocycles. The Balaban J connectivity index is 2.48. The monoisotopic (exact) mass is 278 g/mol. The molecule has 0 radical (unpaired) electrons. The van der Waals surface area contributed by atoms with E-state index in [1.54, 1.807) is 0 Å². The van der Waals surface area contributed by atoms with Gasteiger partial charge in [-0.1, -0.05) is 36.8 Å². The largest absolute Gasteiger partial charge is 0.393 e. The zero-order chi connectivity index (χ0) is 15.0. The first-order valence-electron chi connectivity index (χ1n) is 7.69. The summed E-state index contributed by atoms with van der Waals surface area (Å²) < 4.78 is 0. The Morgan fingerprint density at radius 1 is 1.15 bits per heavy atom. The molecule has 3 nitrogen and oxygen atoms in total. The third kappa shape index (κ3) is 6.51. The van der Waals surface area contributed by atoms with Gasteiger partial charge in [-0.25, -0.2) is 0 Å². The first-order chi connectivity index (χ1) is 9.52. The van der Waals surface area contributed by atoms with Crippen molar-refractivity contribution in [3.8, 4) is 0 Å². The van der Waals surface area contributed by atoms with Crippen LogP contribution < -0.4 is 5.32 Å². The molecule has 0 fully saturated rings. The van der Waals surface area contributed by atoms with Gasteiger partial charge in [-0.15, -0.1) is 0 Å². The zero-order valence-electron chi connectivity index (χ0n) is 13.4. The van der Waals surface area contributed by atoms with E-state index in [9.17, 15) is 5.11 Å². The number of nitrogens with zero attached hydrogens (tertiary/aromatic N) is 1. The van der Waals surface area contributed by atoms with Crippen molar-refractivity contribution < 1.29 is 5.11 Å².